The molecule has 18 heavy (non-hydrogen) atoms. The topological polar surface area (TPSA) is 70.5 Å². The van der Waals surface area contributed by atoms with E-state index in [1.165, 1.54) is 4.90 Å². The minimum Gasteiger partial charge on any atom is -0.480 e. The third-order valence-corrected chi connectivity index (χ3v) is 3.84. The molecule has 0 radical (unpaired) electrons. The van der Waals surface area contributed by atoms with Crippen LogP contribution in [0.15, 0.2) is 18.3 Å². The zero-order valence-corrected chi connectivity index (χ0v) is 10.8. The first kappa shape index (κ1) is 12.9. The van der Waals surface area contributed by atoms with Gasteiger partial charge in [0.25, 0.3) is 5.91 Å². The van der Waals surface area contributed by atoms with Crippen LogP contribution >= 0.6 is 11.8 Å². The maximum absolute atomic E-state index is 12.3. The Kier molecular flexibility index (Phi) is 3.86. The van der Waals surface area contributed by atoms with Crippen LogP contribution in [0.1, 0.15) is 16.1 Å². The molecule has 0 aromatic carbocycles. The predicted octanol–water partition coefficient (Wildman–Crippen LogP) is 1.03. The van der Waals surface area contributed by atoms with Crippen LogP contribution in [0, 0.1) is 6.92 Å². The molecule has 2 heterocycles. The van der Waals surface area contributed by atoms with Gasteiger partial charge in [-0.05, 0) is 19.1 Å². The van der Waals surface area contributed by atoms with Crippen molar-refractivity contribution >= 4 is 23.6 Å². The van der Waals surface area contributed by atoms with Crippen molar-refractivity contribution in [1.29, 1.82) is 0 Å². The molecule has 96 valence electrons. The second-order valence-corrected chi connectivity index (χ2v) is 5.26. The van der Waals surface area contributed by atoms with E-state index in [1.807, 2.05) is 0 Å². The number of hydrogen-bond acceptors (Lipinski definition) is 4. The Morgan fingerprint density at radius 3 is 3.00 bits per heavy atom. The van der Waals surface area contributed by atoms with E-state index in [4.69, 9.17) is 5.11 Å². The van der Waals surface area contributed by atoms with Crippen molar-refractivity contribution in [3.63, 3.8) is 0 Å². The maximum atomic E-state index is 12.3. The van der Waals surface area contributed by atoms with Crippen LogP contribution < -0.4 is 0 Å². The standard InChI is InChI=1S/C12H14N2O3S/c1-8-6-9(2-3-13-8)11(15)14-4-5-18-7-10(14)12(16)17/h2-3,6,10H,4-5,7H2,1H3,(H,16,17). The van der Waals surface area contributed by atoms with Gasteiger partial charge >= 0.3 is 5.97 Å². The van der Waals surface area contributed by atoms with Gasteiger partial charge in [0.05, 0.1) is 0 Å². The van der Waals surface area contributed by atoms with Crippen LogP contribution in [0.25, 0.3) is 0 Å². The average Bonchev–Trinajstić information content (AvgIpc) is 2.38. The van der Waals surface area contributed by atoms with Crippen molar-refractivity contribution in [1.82, 2.24) is 9.88 Å². The zero-order chi connectivity index (χ0) is 13.1. The van der Waals surface area contributed by atoms with Crippen LogP contribution in [0.5, 0.6) is 0 Å². The number of amides is 1. The average molecular weight is 266 g/mol. The molecular weight excluding hydrogens is 252 g/mol. The van der Waals surface area contributed by atoms with Gasteiger partial charge in [0.2, 0.25) is 0 Å². The largest absolute Gasteiger partial charge is 0.480 e. The lowest BCUT2D eigenvalue weighted by Gasteiger charge is -2.32. The number of aliphatic carboxylic acids is 1. The van der Waals surface area contributed by atoms with Crippen molar-refractivity contribution < 1.29 is 14.7 Å². The molecule has 1 aliphatic heterocycles. The van der Waals surface area contributed by atoms with Gasteiger partial charge < -0.3 is 10.0 Å². The van der Waals surface area contributed by atoms with Gasteiger partial charge in [0.1, 0.15) is 6.04 Å². The number of nitrogens with zero attached hydrogens (tertiary/aromatic N) is 2. The van der Waals surface area contributed by atoms with Gasteiger partial charge in [0, 0.05) is 35.5 Å². The summed E-state index contributed by atoms with van der Waals surface area (Å²) in [4.78, 5) is 28.9. The van der Waals surface area contributed by atoms with E-state index < -0.39 is 12.0 Å². The number of pyridine rings is 1. The normalized spacial score (nSPS) is 19.6. The van der Waals surface area contributed by atoms with Crippen molar-refractivity contribution in [2.45, 2.75) is 13.0 Å². The molecule has 1 aliphatic rings. The van der Waals surface area contributed by atoms with Crippen molar-refractivity contribution in [3.05, 3.63) is 29.6 Å². The van der Waals surface area contributed by atoms with Gasteiger partial charge in [0.15, 0.2) is 0 Å². The Labute approximate surface area is 109 Å². The lowest BCUT2D eigenvalue weighted by Crippen LogP contribution is -2.50. The summed E-state index contributed by atoms with van der Waals surface area (Å²) in [5, 5.41) is 9.14. The number of aromatic nitrogens is 1. The third kappa shape index (κ3) is 2.64. The Hall–Kier alpha value is -1.56. The molecule has 6 heteroatoms. The second-order valence-electron chi connectivity index (χ2n) is 4.11. The quantitative estimate of drug-likeness (QED) is 0.865. The van der Waals surface area contributed by atoms with Crippen LogP contribution in [0.4, 0.5) is 0 Å². The van der Waals surface area contributed by atoms with Crippen molar-refractivity contribution in [3.8, 4) is 0 Å². The molecule has 0 aliphatic carbocycles. The molecule has 1 N–H and O–H groups in total. The predicted molar refractivity (Wildman–Crippen MR) is 68.8 cm³/mol. The lowest BCUT2D eigenvalue weighted by atomic mass is 10.1. The zero-order valence-electron chi connectivity index (χ0n) is 10.00. The first-order chi connectivity index (χ1) is 8.59. The Bertz CT molecular complexity index is 478. The van der Waals surface area contributed by atoms with Gasteiger partial charge in [-0.25, -0.2) is 4.79 Å². The van der Waals surface area contributed by atoms with Gasteiger partial charge in [-0.15, -0.1) is 0 Å². The van der Waals surface area contributed by atoms with E-state index in [2.05, 4.69) is 4.98 Å². The second kappa shape index (κ2) is 5.39. The molecular formula is C12H14N2O3S. The summed E-state index contributed by atoms with van der Waals surface area (Å²) >= 11 is 1.56. The molecule has 2 rings (SSSR count). The maximum Gasteiger partial charge on any atom is 0.327 e. The van der Waals surface area contributed by atoms with Crippen LogP contribution in [0.3, 0.4) is 0 Å². The van der Waals surface area contributed by atoms with E-state index >= 15 is 0 Å². The molecule has 1 aromatic heterocycles. The highest BCUT2D eigenvalue weighted by molar-refractivity contribution is 7.99. The molecule has 1 amide bonds. The number of rotatable bonds is 2. The lowest BCUT2D eigenvalue weighted by molar-refractivity contribution is -0.141. The molecule has 0 bridgehead atoms. The first-order valence-electron chi connectivity index (χ1n) is 5.64. The third-order valence-electron chi connectivity index (χ3n) is 2.82. The highest BCUT2D eigenvalue weighted by Gasteiger charge is 2.32. The van der Waals surface area contributed by atoms with Crippen LogP contribution in [0.2, 0.25) is 0 Å². The summed E-state index contributed by atoms with van der Waals surface area (Å²) in [5.74, 6) is 0.0552. The number of thioether (sulfide) groups is 1. The first-order valence-corrected chi connectivity index (χ1v) is 6.79. The van der Waals surface area contributed by atoms with E-state index in [-0.39, 0.29) is 5.91 Å². The molecule has 1 fully saturated rings. The molecule has 1 saturated heterocycles. The number of carboxylic acid groups (broad SMARTS) is 1. The summed E-state index contributed by atoms with van der Waals surface area (Å²) in [6.45, 7) is 2.28. The number of carboxylic acids is 1. The Morgan fingerprint density at radius 2 is 2.33 bits per heavy atom. The minimum absolute atomic E-state index is 0.229. The minimum atomic E-state index is -0.943. The molecule has 0 spiro atoms. The van der Waals surface area contributed by atoms with Gasteiger partial charge in [-0.3, -0.25) is 9.78 Å². The molecule has 0 saturated carbocycles. The van der Waals surface area contributed by atoms with E-state index in [1.54, 1.807) is 37.0 Å². The number of carbonyl (C=O) groups is 2. The summed E-state index contributed by atoms with van der Waals surface area (Å²) in [5.41, 5.74) is 1.25. The number of aryl methyl sites for hydroxylation is 1. The highest BCUT2D eigenvalue weighted by atomic mass is 32.2. The van der Waals surface area contributed by atoms with Gasteiger partial charge in [-0.1, -0.05) is 0 Å². The summed E-state index contributed by atoms with van der Waals surface area (Å²) < 4.78 is 0. The van der Waals surface area contributed by atoms with E-state index in [9.17, 15) is 9.59 Å². The van der Waals surface area contributed by atoms with Crippen LogP contribution in [-0.4, -0.2) is 51.0 Å². The van der Waals surface area contributed by atoms with Crippen molar-refractivity contribution in [2.24, 2.45) is 0 Å². The number of carbonyl (C=O) groups excluding carboxylic acids is 1. The smallest absolute Gasteiger partial charge is 0.327 e. The van der Waals surface area contributed by atoms with Gasteiger partial charge in [-0.2, -0.15) is 11.8 Å². The fourth-order valence-corrected chi connectivity index (χ4v) is 2.93. The molecule has 1 atom stereocenters. The summed E-state index contributed by atoms with van der Waals surface area (Å²) in [6, 6.07) is 2.57. The fourth-order valence-electron chi connectivity index (χ4n) is 1.90. The van der Waals surface area contributed by atoms with Crippen LogP contribution in [-0.2, 0) is 4.79 Å². The molecule has 5 nitrogen and oxygen atoms in total. The van der Waals surface area contributed by atoms with E-state index in [0.29, 0.717) is 17.9 Å². The Balaban J connectivity index is 2.23. The van der Waals surface area contributed by atoms with E-state index in [0.717, 1.165) is 11.4 Å². The monoisotopic (exact) mass is 266 g/mol. The van der Waals surface area contributed by atoms with Crippen molar-refractivity contribution in [2.75, 3.05) is 18.1 Å². The Morgan fingerprint density at radius 1 is 1.56 bits per heavy atom. The fraction of sp³-hybridized carbons (Fsp3) is 0.417. The summed E-state index contributed by atoms with van der Waals surface area (Å²) in [6.07, 6.45) is 1.57. The molecule has 1 aromatic rings. The highest BCUT2D eigenvalue weighted by Crippen LogP contribution is 2.19. The molecule has 1 unspecified atom stereocenters. The SMILES string of the molecule is Cc1cc(C(=O)N2CCSCC2C(=O)O)ccn1. The number of hydrogen-bond donors (Lipinski definition) is 1. The summed E-state index contributed by atoms with van der Waals surface area (Å²) in [7, 11) is 0.